The zero-order chi connectivity index (χ0) is 15.2. The molecule has 0 aromatic heterocycles. The minimum absolute atomic E-state index is 0.194. The lowest BCUT2D eigenvalue weighted by molar-refractivity contribution is -0.265. The molecule has 1 aromatic rings. The highest BCUT2D eigenvalue weighted by atomic mass is 16.5. The molecule has 3 heteroatoms. The highest BCUT2D eigenvalue weighted by Gasteiger charge is 2.62. The van der Waals surface area contributed by atoms with Crippen molar-refractivity contribution < 1.29 is 5.21 Å². The van der Waals surface area contributed by atoms with Gasteiger partial charge in [-0.2, -0.15) is 0 Å². The number of nitrogens with two attached hydrogens (primary N) is 1. The molecule has 2 N–H and O–H groups in total. The number of nitrogens with zero attached hydrogens (tertiary/aromatic N) is 1. The van der Waals surface area contributed by atoms with Gasteiger partial charge in [-0.1, -0.05) is 37.3 Å². The van der Waals surface area contributed by atoms with E-state index in [4.69, 9.17) is 5.73 Å². The van der Waals surface area contributed by atoms with Crippen molar-refractivity contribution in [1.82, 2.24) is 5.06 Å². The van der Waals surface area contributed by atoms with E-state index in [9.17, 15) is 5.21 Å². The van der Waals surface area contributed by atoms with Gasteiger partial charge < -0.3 is 5.73 Å². The van der Waals surface area contributed by atoms with Crippen molar-refractivity contribution in [3.8, 4) is 0 Å². The van der Waals surface area contributed by atoms with E-state index in [-0.39, 0.29) is 5.92 Å². The van der Waals surface area contributed by atoms with E-state index in [0.29, 0.717) is 0 Å². The Balaban J connectivity index is 2.29. The first-order valence-corrected chi connectivity index (χ1v) is 7.41. The van der Waals surface area contributed by atoms with Crippen LogP contribution < -0.4 is 5.73 Å². The van der Waals surface area contributed by atoms with Crippen LogP contribution in [0, 0.1) is 5.92 Å². The summed E-state index contributed by atoms with van der Waals surface area (Å²) in [5, 5.41) is 14.1. The molecule has 20 heavy (non-hydrogen) atoms. The standard InChI is InChI=1S/C17H27N2O/c1-13(11-14-9-7-6-8-10-14)17(5)16(4,18)12-15(2,3)19(17)20/h6-10,13H,11-12,18H2,1-5H3. The third-order valence-corrected chi connectivity index (χ3v) is 5.27. The molecule has 1 heterocycles. The Kier molecular flexibility index (Phi) is 3.74. The summed E-state index contributed by atoms with van der Waals surface area (Å²) >= 11 is 0. The van der Waals surface area contributed by atoms with Gasteiger partial charge in [-0.3, -0.25) is 0 Å². The van der Waals surface area contributed by atoms with Gasteiger partial charge in [0.25, 0.3) is 0 Å². The minimum Gasteiger partial charge on any atom is -0.324 e. The molecule has 0 saturated carbocycles. The zero-order valence-corrected chi connectivity index (χ0v) is 13.3. The molecule has 1 fully saturated rings. The van der Waals surface area contributed by atoms with Gasteiger partial charge in [-0.15, -0.1) is 10.3 Å². The molecule has 1 saturated heterocycles. The molecule has 1 radical (unpaired) electrons. The van der Waals surface area contributed by atoms with Crippen LogP contribution in [0.1, 0.15) is 46.6 Å². The first-order chi connectivity index (χ1) is 9.11. The minimum atomic E-state index is -0.549. The van der Waals surface area contributed by atoms with Gasteiger partial charge in [0, 0.05) is 11.1 Å². The van der Waals surface area contributed by atoms with E-state index in [1.54, 1.807) is 0 Å². The lowest BCUT2D eigenvalue weighted by atomic mass is 9.71. The molecule has 3 atom stereocenters. The first kappa shape index (κ1) is 15.5. The topological polar surface area (TPSA) is 49.2 Å². The molecule has 1 aromatic carbocycles. The van der Waals surface area contributed by atoms with E-state index in [1.165, 1.54) is 10.6 Å². The third-order valence-electron chi connectivity index (χ3n) is 5.27. The van der Waals surface area contributed by atoms with Gasteiger partial charge in [-0.25, -0.2) is 0 Å². The largest absolute Gasteiger partial charge is 0.324 e. The van der Waals surface area contributed by atoms with Crippen molar-refractivity contribution >= 4 is 0 Å². The Hall–Kier alpha value is -0.900. The van der Waals surface area contributed by atoms with Crippen molar-refractivity contribution in [2.45, 2.75) is 64.1 Å². The summed E-state index contributed by atoms with van der Waals surface area (Å²) in [7, 11) is 0. The molecular weight excluding hydrogens is 248 g/mol. The van der Waals surface area contributed by atoms with Gasteiger partial charge in [0.05, 0.1) is 5.54 Å². The van der Waals surface area contributed by atoms with Crippen LogP contribution in [0.3, 0.4) is 0 Å². The highest BCUT2D eigenvalue weighted by Crippen LogP contribution is 2.49. The van der Waals surface area contributed by atoms with Crippen molar-refractivity contribution in [1.29, 1.82) is 0 Å². The molecule has 111 valence electrons. The summed E-state index contributed by atoms with van der Waals surface area (Å²) < 4.78 is 0. The van der Waals surface area contributed by atoms with Gasteiger partial charge in [0.2, 0.25) is 0 Å². The van der Waals surface area contributed by atoms with Crippen molar-refractivity contribution in [3.63, 3.8) is 0 Å². The second kappa shape index (κ2) is 4.83. The maximum absolute atomic E-state index is 12.8. The van der Waals surface area contributed by atoms with E-state index < -0.39 is 16.6 Å². The Bertz CT molecular complexity index is 469. The van der Waals surface area contributed by atoms with Crippen LogP contribution in [-0.2, 0) is 11.6 Å². The van der Waals surface area contributed by atoms with Crippen LogP contribution in [0.4, 0.5) is 0 Å². The maximum atomic E-state index is 12.8. The molecule has 1 aliphatic heterocycles. The predicted molar refractivity (Wildman–Crippen MR) is 81.5 cm³/mol. The Labute approximate surface area is 122 Å². The van der Waals surface area contributed by atoms with Crippen molar-refractivity contribution in [2.24, 2.45) is 11.7 Å². The molecule has 3 nitrogen and oxygen atoms in total. The smallest absolute Gasteiger partial charge is 0.0677 e. The molecule has 0 aliphatic carbocycles. The molecule has 0 amide bonds. The molecular formula is C17H27N2O. The number of hydrogen-bond acceptors (Lipinski definition) is 2. The summed E-state index contributed by atoms with van der Waals surface area (Å²) in [6.45, 7) is 10.2. The Morgan fingerprint density at radius 2 is 1.75 bits per heavy atom. The number of benzene rings is 1. The summed E-state index contributed by atoms with van der Waals surface area (Å²) in [5.74, 6) is 0.194. The predicted octanol–water partition coefficient (Wildman–Crippen LogP) is 3.17. The average Bonchev–Trinajstić information content (AvgIpc) is 2.48. The second-order valence-corrected chi connectivity index (χ2v) is 7.44. The van der Waals surface area contributed by atoms with Gasteiger partial charge >= 0.3 is 0 Å². The number of hydroxylamine groups is 2. The fraction of sp³-hybridized carbons (Fsp3) is 0.647. The number of rotatable bonds is 3. The van der Waals surface area contributed by atoms with Crippen LogP contribution in [0.25, 0.3) is 0 Å². The van der Waals surface area contributed by atoms with E-state index in [2.05, 4.69) is 19.1 Å². The highest BCUT2D eigenvalue weighted by molar-refractivity contribution is 5.21. The zero-order valence-electron chi connectivity index (χ0n) is 13.3. The molecule has 1 aliphatic rings. The summed E-state index contributed by atoms with van der Waals surface area (Å²) in [4.78, 5) is 0. The van der Waals surface area contributed by atoms with Crippen LogP contribution in [0.15, 0.2) is 30.3 Å². The third kappa shape index (κ3) is 2.28. The second-order valence-electron chi connectivity index (χ2n) is 7.44. The van der Waals surface area contributed by atoms with Crippen LogP contribution in [-0.4, -0.2) is 21.7 Å². The average molecular weight is 275 g/mol. The van der Waals surface area contributed by atoms with Gasteiger partial charge in [0.1, 0.15) is 0 Å². The monoisotopic (exact) mass is 275 g/mol. The van der Waals surface area contributed by atoms with Gasteiger partial charge in [-0.05, 0) is 52.0 Å². The number of hydrogen-bond donors (Lipinski definition) is 1. The van der Waals surface area contributed by atoms with Crippen molar-refractivity contribution in [3.05, 3.63) is 35.9 Å². The molecule has 2 rings (SSSR count). The summed E-state index contributed by atoms with van der Waals surface area (Å²) in [6.07, 6.45) is 1.60. The fourth-order valence-corrected chi connectivity index (χ4v) is 3.94. The normalized spacial score (nSPS) is 35.1. The van der Waals surface area contributed by atoms with E-state index in [1.807, 2.05) is 45.9 Å². The summed E-state index contributed by atoms with van der Waals surface area (Å²) in [5.41, 5.74) is 6.37. The maximum Gasteiger partial charge on any atom is 0.0677 e. The Morgan fingerprint density at radius 1 is 1.20 bits per heavy atom. The van der Waals surface area contributed by atoms with Crippen LogP contribution in [0.2, 0.25) is 0 Å². The van der Waals surface area contributed by atoms with E-state index in [0.717, 1.165) is 12.8 Å². The lowest BCUT2D eigenvalue weighted by Gasteiger charge is -2.45. The molecule has 3 unspecified atom stereocenters. The Morgan fingerprint density at radius 3 is 2.20 bits per heavy atom. The fourth-order valence-electron chi connectivity index (χ4n) is 3.94. The molecule has 0 bridgehead atoms. The van der Waals surface area contributed by atoms with Gasteiger partial charge in [0.15, 0.2) is 0 Å². The van der Waals surface area contributed by atoms with Crippen LogP contribution in [0.5, 0.6) is 0 Å². The van der Waals surface area contributed by atoms with Crippen molar-refractivity contribution in [2.75, 3.05) is 0 Å². The molecule has 0 spiro atoms. The lowest BCUT2D eigenvalue weighted by Crippen LogP contribution is -2.63. The summed E-state index contributed by atoms with van der Waals surface area (Å²) in [6, 6.07) is 10.3. The van der Waals surface area contributed by atoms with E-state index >= 15 is 0 Å². The van der Waals surface area contributed by atoms with Crippen LogP contribution >= 0.6 is 0 Å². The SMILES string of the molecule is CC(Cc1ccccc1)C1(C)N([O])C(C)(C)CC1(C)N. The quantitative estimate of drug-likeness (QED) is 0.921. The first-order valence-electron chi connectivity index (χ1n) is 7.41.